The van der Waals surface area contributed by atoms with Gasteiger partial charge in [0, 0.05) is 29.7 Å². The molecule has 0 amide bonds. The van der Waals surface area contributed by atoms with Crippen LogP contribution in [-0.2, 0) is 23.5 Å². The van der Waals surface area contributed by atoms with Gasteiger partial charge in [0.25, 0.3) is 0 Å². The van der Waals surface area contributed by atoms with Crippen molar-refractivity contribution in [1.29, 1.82) is 0 Å². The molecule has 0 aliphatic rings. The van der Waals surface area contributed by atoms with Crippen LogP contribution in [0.25, 0.3) is 11.3 Å². The van der Waals surface area contributed by atoms with Crippen molar-refractivity contribution in [1.82, 2.24) is 30.2 Å². The lowest BCUT2D eigenvalue weighted by atomic mass is 9.77. The fraction of sp³-hybridized carbons (Fsp3) is 0.304. The van der Waals surface area contributed by atoms with Crippen molar-refractivity contribution in [3.05, 3.63) is 83.6 Å². The first-order valence-corrected chi connectivity index (χ1v) is 10.5. The first-order chi connectivity index (χ1) is 15.9. The Morgan fingerprint density at radius 1 is 1.15 bits per heavy atom. The Morgan fingerprint density at radius 2 is 1.94 bits per heavy atom. The lowest BCUT2D eigenvalue weighted by Crippen LogP contribution is -2.38. The molecule has 0 unspecified atom stereocenters. The lowest BCUT2D eigenvalue weighted by molar-refractivity contribution is -0.0112. The van der Waals surface area contributed by atoms with Gasteiger partial charge in [-0.2, -0.15) is 20.5 Å². The van der Waals surface area contributed by atoms with Crippen LogP contribution in [-0.4, -0.2) is 41.9 Å². The number of aromatic amines is 1. The van der Waals surface area contributed by atoms with Gasteiger partial charge in [-0.3, -0.25) is 0 Å². The molecule has 10 heteroatoms. The van der Waals surface area contributed by atoms with E-state index in [9.17, 15) is 13.9 Å². The van der Waals surface area contributed by atoms with Gasteiger partial charge in [-0.15, -0.1) is 0 Å². The molecule has 2 aromatic carbocycles. The van der Waals surface area contributed by atoms with Crippen LogP contribution in [0.4, 0.5) is 8.78 Å². The second kappa shape index (κ2) is 9.55. The molecule has 2 N–H and O–H groups in total. The van der Waals surface area contributed by atoms with Crippen LogP contribution in [0, 0.1) is 11.6 Å². The molecule has 0 spiro atoms. The highest BCUT2D eigenvalue weighted by Crippen LogP contribution is 2.40. The first kappa shape index (κ1) is 22.7. The monoisotopic (exact) mass is 454 g/mol. The molecule has 2 atom stereocenters. The third-order valence-electron chi connectivity index (χ3n) is 5.73. The van der Waals surface area contributed by atoms with Crippen molar-refractivity contribution in [3.8, 4) is 11.3 Å². The van der Waals surface area contributed by atoms with Gasteiger partial charge in [-0.05, 0) is 18.6 Å². The summed E-state index contributed by atoms with van der Waals surface area (Å²) in [5.41, 5.74) is 1.19. The molecule has 0 bridgehead atoms. The van der Waals surface area contributed by atoms with E-state index >= 15 is 0 Å². The zero-order valence-electron chi connectivity index (χ0n) is 18.2. The van der Waals surface area contributed by atoms with Crippen LogP contribution in [0.3, 0.4) is 0 Å². The Morgan fingerprint density at radius 3 is 2.61 bits per heavy atom. The predicted octanol–water partition coefficient (Wildman–Crippen LogP) is 3.57. The van der Waals surface area contributed by atoms with Gasteiger partial charge in [0.2, 0.25) is 0 Å². The molecule has 4 aromatic rings. The molecule has 0 saturated carbocycles. The summed E-state index contributed by atoms with van der Waals surface area (Å²) in [6.45, 7) is 4.51. The maximum Gasteiger partial charge on any atom is 0.137 e. The van der Waals surface area contributed by atoms with Crippen molar-refractivity contribution in [2.45, 2.75) is 38.5 Å². The molecule has 8 nitrogen and oxygen atoms in total. The summed E-state index contributed by atoms with van der Waals surface area (Å²) in [6.07, 6.45) is 2.77. The second-order valence-electron chi connectivity index (χ2n) is 7.74. The zero-order valence-corrected chi connectivity index (χ0v) is 18.2. The Balaban J connectivity index is 1.68. The van der Waals surface area contributed by atoms with Gasteiger partial charge in [0.05, 0.1) is 13.2 Å². The van der Waals surface area contributed by atoms with E-state index in [1.54, 1.807) is 6.92 Å². The van der Waals surface area contributed by atoms with Gasteiger partial charge in [0.15, 0.2) is 0 Å². The minimum absolute atomic E-state index is 0.0218. The van der Waals surface area contributed by atoms with E-state index in [4.69, 9.17) is 4.74 Å². The maximum absolute atomic E-state index is 14.8. The van der Waals surface area contributed by atoms with Gasteiger partial charge in [0.1, 0.15) is 41.3 Å². The van der Waals surface area contributed by atoms with Gasteiger partial charge in [-0.25, -0.2) is 18.4 Å². The molecule has 0 saturated heterocycles. The van der Waals surface area contributed by atoms with Crippen molar-refractivity contribution in [2.24, 2.45) is 0 Å². The third-order valence-corrected chi connectivity index (χ3v) is 5.73. The summed E-state index contributed by atoms with van der Waals surface area (Å²) in [5.74, 6) is -2.12. The van der Waals surface area contributed by atoms with E-state index in [1.165, 1.54) is 23.4 Å². The topological polar surface area (TPSA) is 102 Å². The van der Waals surface area contributed by atoms with E-state index < -0.39 is 23.2 Å². The molecule has 0 fully saturated rings. The molecular formula is C23H24F2N6O2. The minimum Gasteiger partial charge on any atom is -0.382 e. The van der Waals surface area contributed by atoms with Crippen molar-refractivity contribution in [3.63, 3.8) is 0 Å². The molecule has 172 valence electrons. The number of hydrogen-bond acceptors (Lipinski definition) is 6. The largest absolute Gasteiger partial charge is 0.382 e. The van der Waals surface area contributed by atoms with E-state index in [0.29, 0.717) is 24.6 Å². The van der Waals surface area contributed by atoms with Crippen LogP contribution in [0.1, 0.15) is 36.6 Å². The number of aromatic nitrogens is 6. The highest BCUT2D eigenvalue weighted by atomic mass is 19.1. The summed E-state index contributed by atoms with van der Waals surface area (Å²) >= 11 is 0. The SMILES string of the molecule is CCOCc1n[nH]nc1-c1ccc([C@H](C)[C@](O)(Cn2cncn2)c2ccc(F)cc2F)cc1. The Kier molecular flexibility index (Phi) is 6.57. The van der Waals surface area contributed by atoms with Crippen molar-refractivity contribution < 1.29 is 18.6 Å². The minimum atomic E-state index is -1.72. The van der Waals surface area contributed by atoms with Crippen LogP contribution >= 0.6 is 0 Å². The number of halogens is 2. The average Bonchev–Trinajstić information content (AvgIpc) is 3.49. The van der Waals surface area contributed by atoms with Crippen molar-refractivity contribution in [2.75, 3.05) is 6.61 Å². The molecule has 33 heavy (non-hydrogen) atoms. The third kappa shape index (κ3) is 4.67. The summed E-state index contributed by atoms with van der Waals surface area (Å²) in [4.78, 5) is 3.90. The number of nitrogens with zero attached hydrogens (tertiary/aromatic N) is 5. The molecule has 0 radical (unpaired) electrons. The summed E-state index contributed by atoms with van der Waals surface area (Å²) in [6, 6.07) is 10.6. The average molecular weight is 454 g/mol. The highest BCUT2D eigenvalue weighted by Gasteiger charge is 2.40. The number of nitrogens with one attached hydrogen (secondary N) is 1. The van der Waals surface area contributed by atoms with E-state index in [-0.39, 0.29) is 12.1 Å². The predicted molar refractivity (Wildman–Crippen MR) is 116 cm³/mol. The fourth-order valence-electron chi connectivity index (χ4n) is 3.85. The van der Waals surface area contributed by atoms with Crippen LogP contribution in [0.15, 0.2) is 55.1 Å². The van der Waals surface area contributed by atoms with Crippen LogP contribution in [0.5, 0.6) is 0 Å². The molecule has 0 aliphatic heterocycles. The van der Waals surface area contributed by atoms with Gasteiger partial charge in [-0.1, -0.05) is 37.3 Å². The zero-order chi connectivity index (χ0) is 23.4. The van der Waals surface area contributed by atoms with Crippen LogP contribution < -0.4 is 0 Å². The number of benzene rings is 2. The van der Waals surface area contributed by atoms with Gasteiger partial charge < -0.3 is 9.84 Å². The standard InChI is InChI=1S/C23H24F2N6O2/c1-3-33-11-21-22(29-30-28-21)17-6-4-16(5-7-17)15(2)23(32,12-31-14-26-13-27-31)19-9-8-18(24)10-20(19)25/h4-10,13-15,32H,3,11-12H2,1-2H3,(H,28,29,30)/t15-,23+/m0/s1. The second-order valence-corrected chi connectivity index (χ2v) is 7.74. The normalized spacial score (nSPS) is 14.2. The summed E-state index contributed by atoms with van der Waals surface area (Å²) < 4.78 is 35.2. The van der Waals surface area contributed by atoms with E-state index in [2.05, 4.69) is 25.5 Å². The quantitative estimate of drug-likeness (QED) is 0.401. The number of ether oxygens (including phenoxy) is 1. The van der Waals surface area contributed by atoms with E-state index in [1.807, 2.05) is 31.2 Å². The lowest BCUT2D eigenvalue weighted by Gasteiger charge is -2.35. The van der Waals surface area contributed by atoms with Crippen molar-refractivity contribution >= 4 is 0 Å². The summed E-state index contributed by atoms with van der Waals surface area (Å²) in [5, 5.41) is 26.8. The fourth-order valence-corrected chi connectivity index (χ4v) is 3.85. The van der Waals surface area contributed by atoms with E-state index in [0.717, 1.165) is 23.3 Å². The molecule has 0 aliphatic carbocycles. The molecular weight excluding hydrogens is 430 g/mol. The summed E-state index contributed by atoms with van der Waals surface area (Å²) in [7, 11) is 0. The smallest absolute Gasteiger partial charge is 0.137 e. The van der Waals surface area contributed by atoms with Crippen LogP contribution in [0.2, 0.25) is 0 Å². The number of rotatable bonds is 9. The molecule has 2 aromatic heterocycles. The maximum atomic E-state index is 14.8. The number of H-pyrrole nitrogens is 1. The van der Waals surface area contributed by atoms with Gasteiger partial charge >= 0.3 is 0 Å². The Hall–Kier alpha value is -3.50. The highest BCUT2D eigenvalue weighted by molar-refractivity contribution is 5.61. The Bertz CT molecular complexity index is 1200. The first-order valence-electron chi connectivity index (χ1n) is 10.5. The Labute approximate surface area is 189 Å². The number of hydrogen-bond donors (Lipinski definition) is 2. The molecule has 2 heterocycles. The molecule has 4 rings (SSSR count). The number of aliphatic hydroxyl groups is 1.